The van der Waals surface area contributed by atoms with Gasteiger partial charge in [-0.05, 0) is 41.8 Å². The Morgan fingerprint density at radius 2 is 1.23 bits per heavy atom. The number of phenols is 1. The topological polar surface area (TPSA) is 63.4 Å². The Morgan fingerprint density at radius 3 is 1.77 bits per heavy atom. The van der Waals surface area contributed by atoms with Crippen LogP contribution in [0.2, 0.25) is 0 Å². The van der Waals surface area contributed by atoms with Crippen LogP contribution in [-0.2, 0) is 13.1 Å². The Hall–Kier alpha value is -2.33. The molecule has 1 radical (unpaired) electrons. The van der Waals surface area contributed by atoms with Gasteiger partial charge in [-0.25, -0.2) is 5.32 Å². The summed E-state index contributed by atoms with van der Waals surface area (Å²) < 4.78 is 0. The zero-order valence-corrected chi connectivity index (χ0v) is 19.1. The van der Waals surface area contributed by atoms with Crippen molar-refractivity contribution in [2.24, 2.45) is 0 Å². The molecule has 2 aromatic rings. The normalized spacial score (nSPS) is 10.9. The number of aromatic hydroxyl groups is 1. The molecule has 2 aromatic carbocycles. The van der Waals surface area contributed by atoms with E-state index in [0.717, 1.165) is 24.1 Å². The molecule has 0 heterocycles. The number of nitrogens with one attached hydrogen (secondary N) is 1. The maximum atomic E-state index is 12.3. The summed E-state index contributed by atoms with van der Waals surface area (Å²) in [7, 11) is 0. The number of benzene rings is 2. The van der Waals surface area contributed by atoms with Crippen molar-refractivity contribution in [1.82, 2.24) is 10.6 Å². The van der Waals surface area contributed by atoms with E-state index < -0.39 is 0 Å². The molecule has 4 heteroatoms. The van der Waals surface area contributed by atoms with E-state index >= 15 is 0 Å². The van der Waals surface area contributed by atoms with Crippen LogP contribution in [0, 0.1) is 0 Å². The fourth-order valence-corrected chi connectivity index (χ4v) is 3.59. The molecule has 0 unspecified atom stereocenters. The Morgan fingerprint density at radius 1 is 0.742 bits per heavy atom. The molecule has 0 aliphatic heterocycles. The van der Waals surface area contributed by atoms with Gasteiger partial charge >= 0.3 is 0 Å². The van der Waals surface area contributed by atoms with E-state index in [0.29, 0.717) is 18.7 Å². The number of hydrogen-bond donors (Lipinski definition) is 2. The summed E-state index contributed by atoms with van der Waals surface area (Å²) in [5, 5.41) is 16.9. The first-order chi connectivity index (χ1) is 15.2. The summed E-state index contributed by atoms with van der Waals surface area (Å²) in [6, 6.07) is 14.8. The highest BCUT2D eigenvalue weighted by Crippen LogP contribution is 2.12. The van der Waals surface area contributed by atoms with Crippen molar-refractivity contribution in [2.45, 2.75) is 84.2 Å². The van der Waals surface area contributed by atoms with Crippen LogP contribution >= 0.6 is 0 Å². The van der Waals surface area contributed by atoms with E-state index in [9.17, 15) is 9.90 Å². The Labute approximate surface area is 188 Å². The Kier molecular flexibility index (Phi) is 12.4. The van der Waals surface area contributed by atoms with Crippen molar-refractivity contribution < 1.29 is 9.90 Å². The number of rotatable bonds is 16. The number of carbonyl (C=O) groups excluding carboxylic acids is 1. The standard InChI is InChI=1S/C27H39N2O2/c1-2-3-4-5-6-7-8-9-10-11-20-29-27(31)25-16-12-23(13-17-25)21-28-22-24-14-18-26(30)19-15-24/h12-19,30H,2-11,20-22H2,1H3,(H,29,31). The van der Waals surface area contributed by atoms with Crippen molar-refractivity contribution in [2.75, 3.05) is 6.54 Å². The number of hydrogen-bond acceptors (Lipinski definition) is 2. The summed E-state index contributed by atoms with van der Waals surface area (Å²) in [6.07, 6.45) is 13.0. The average molecular weight is 424 g/mol. The molecule has 0 saturated heterocycles. The van der Waals surface area contributed by atoms with Gasteiger partial charge in [0.1, 0.15) is 5.75 Å². The molecule has 169 valence electrons. The number of nitrogens with zero attached hydrogens (tertiary/aromatic N) is 1. The molecule has 0 bridgehead atoms. The molecule has 0 aliphatic rings. The molecule has 0 atom stereocenters. The predicted octanol–water partition coefficient (Wildman–Crippen LogP) is 6.35. The smallest absolute Gasteiger partial charge is 0.251 e. The van der Waals surface area contributed by atoms with Gasteiger partial charge in [0.15, 0.2) is 0 Å². The SMILES string of the molecule is CCCCCCCCCCCCNC(=O)c1ccc(C[N]Cc2ccc(O)cc2)cc1. The van der Waals surface area contributed by atoms with Crippen molar-refractivity contribution in [3.05, 3.63) is 65.2 Å². The molecule has 0 saturated carbocycles. The highest BCUT2D eigenvalue weighted by molar-refractivity contribution is 5.94. The minimum atomic E-state index is 0.00325. The first-order valence-corrected chi connectivity index (χ1v) is 12.0. The third-order valence-electron chi connectivity index (χ3n) is 5.56. The molecule has 4 nitrogen and oxygen atoms in total. The highest BCUT2D eigenvalue weighted by atomic mass is 16.3. The van der Waals surface area contributed by atoms with Crippen LogP contribution in [0.3, 0.4) is 0 Å². The van der Waals surface area contributed by atoms with Gasteiger partial charge in [0, 0.05) is 25.2 Å². The zero-order chi connectivity index (χ0) is 22.2. The van der Waals surface area contributed by atoms with Gasteiger partial charge in [-0.15, -0.1) is 0 Å². The lowest BCUT2D eigenvalue weighted by molar-refractivity contribution is 0.0953. The second-order valence-corrected chi connectivity index (χ2v) is 8.34. The molecule has 1 amide bonds. The zero-order valence-electron chi connectivity index (χ0n) is 19.1. The van der Waals surface area contributed by atoms with E-state index in [4.69, 9.17) is 0 Å². The number of unbranched alkanes of at least 4 members (excludes halogenated alkanes) is 9. The second-order valence-electron chi connectivity index (χ2n) is 8.34. The number of amides is 1. The van der Waals surface area contributed by atoms with Crippen molar-refractivity contribution in [1.29, 1.82) is 0 Å². The van der Waals surface area contributed by atoms with E-state index in [2.05, 4.69) is 17.6 Å². The molecular formula is C27H39N2O2. The van der Waals surface area contributed by atoms with E-state index in [1.165, 1.54) is 57.8 Å². The third-order valence-corrected chi connectivity index (χ3v) is 5.56. The number of carbonyl (C=O) groups is 1. The quantitative estimate of drug-likeness (QED) is 0.309. The van der Waals surface area contributed by atoms with Crippen LogP contribution in [0.5, 0.6) is 5.75 Å². The summed E-state index contributed by atoms with van der Waals surface area (Å²) in [6.45, 7) is 4.23. The first-order valence-electron chi connectivity index (χ1n) is 12.0. The minimum absolute atomic E-state index is 0.00325. The molecule has 2 N–H and O–H groups in total. The average Bonchev–Trinajstić information content (AvgIpc) is 2.79. The summed E-state index contributed by atoms with van der Waals surface area (Å²) in [5.41, 5.74) is 2.86. The summed E-state index contributed by atoms with van der Waals surface area (Å²) in [5.74, 6) is 0.272. The monoisotopic (exact) mass is 423 g/mol. The van der Waals surface area contributed by atoms with Gasteiger partial charge in [0.05, 0.1) is 0 Å². The maximum Gasteiger partial charge on any atom is 0.251 e. The van der Waals surface area contributed by atoms with Crippen LogP contribution in [0.1, 0.15) is 92.6 Å². The molecular weight excluding hydrogens is 384 g/mol. The van der Waals surface area contributed by atoms with Crippen molar-refractivity contribution in [3.8, 4) is 5.75 Å². The number of phenolic OH excluding ortho intramolecular Hbond substituents is 1. The van der Waals surface area contributed by atoms with E-state index in [1.54, 1.807) is 12.1 Å². The van der Waals surface area contributed by atoms with Gasteiger partial charge in [-0.2, -0.15) is 0 Å². The van der Waals surface area contributed by atoms with Crippen molar-refractivity contribution in [3.63, 3.8) is 0 Å². The molecule has 0 spiro atoms. The molecule has 0 fully saturated rings. The molecule has 2 rings (SSSR count). The van der Waals surface area contributed by atoms with Gasteiger partial charge in [0.25, 0.3) is 5.91 Å². The predicted molar refractivity (Wildman–Crippen MR) is 128 cm³/mol. The van der Waals surface area contributed by atoms with Crippen LogP contribution < -0.4 is 10.6 Å². The lowest BCUT2D eigenvalue weighted by Gasteiger charge is -2.07. The second kappa shape index (κ2) is 15.5. The van der Waals surface area contributed by atoms with E-state index in [1.807, 2.05) is 36.4 Å². The highest BCUT2D eigenvalue weighted by Gasteiger charge is 2.05. The summed E-state index contributed by atoms with van der Waals surface area (Å²) >= 11 is 0. The van der Waals surface area contributed by atoms with Crippen LogP contribution in [0.25, 0.3) is 0 Å². The summed E-state index contributed by atoms with van der Waals surface area (Å²) in [4.78, 5) is 12.3. The fourth-order valence-electron chi connectivity index (χ4n) is 3.59. The van der Waals surface area contributed by atoms with Crippen LogP contribution in [-0.4, -0.2) is 17.6 Å². The van der Waals surface area contributed by atoms with E-state index in [-0.39, 0.29) is 11.7 Å². The fraction of sp³-hybridized carbons (Fsp3) is 0.519. The Bertz CT molecular complexity index is 726. The lowest BCUT2D eigenvalue weighted by Crippen LogP contribution is -2.24. The third kappa shape index (κ3) is 11.0. The first kappa shape index (κ1) is 24.9. The van der Waals surface area contributed by atoms with Gasteiger partial charge < -0.3 is 10.4 Å². The van der Waals surface area contributed by atoms with Gasteiger partial charge in [-0.1, -0.05) is 89.0 Å². The van der Waals surface area contributed by atoms with Crippen LogP contribution in [0.4, 0.5) is 0 Å². The lowest BCUT2D eigenvalue weighted by atomic mass is 10.1. The molecule has 0 aliphatic carbocycles. The van der Waals surface area contributed by atoms with Crippen LogP contribution in [0.15, 0.2) is 48.5 Å². The minimum Gasteiger partial charge on any atom is -0.508 e. The largest absolute Gasteiger partial charge is 0.508 e. The van der Waals surface area contributed by atoms with Gasteiger partial charge in [-0.3, -0.25) is 4.79 Å². The molecule has 0 aromatic heterocycles. The van der Waals surface area contributed by atoms with Crippen molar-refractivity contribution >= 4 is 5.91 Å². The van der Waals surface area contributed by atoms with Gasteiger partial charge in [0.2, 0.25) is 0 Å². The Balaban J connectivity index is 1.52. The molecule has 31 heavy (non-hydrogen) atoms. The maximum absolute atomic E-state index is 12.3.